The van der Waals surface area contributed by atoms with Crippen LogP contribution in [0.3, 0.4) is 0 Å². The van der Waals surface area contributed by atoms with Crippen LogP contribution in [0.15, 0.2) is 18.2 Å². The third kappa shape index (κ3) is 5.73. The summed E-state index contributed by atoms with van der Waals surface area (Å²) in [5.74, 6) is 0.234. The fraction of sp³-hybridized carbons (Fsp3) is 0.500. The summed E-state index contributed by atoms with van der Waals surface area (Å²) in [5, 5.41) is 2.81. The number of hydrogen-bond donors (Lipinski definition) is 2. The van der Waals surface area contributed by atoms with Crippen molar-refractivity contribution in [2.75, 3.05) is 19.0 Å². The number of ether oxygens (including phenoxy) is 2. The molecule has 3 N–H and O–H groups in total. The molecule has 22 heavy (non-hydrogen) atoms. The van der Waals surface area contributed by atoms with Crippen LogP contribution in [-0.4, -0.2) is 31.6 Å². The average Bonchev–Trinajstić information content (AvgIpc) is 2.46. The van der Waals surface area contributed by atoms with Crippen molar-refractivity contribution in [2.45, 2.75) is 33.2 Å². The lowest BCUT2D eigenvalue weighted by atomic mass is 10.0. The van der Waals surface area contributed by atoms with Gasteiger partial charge in [-0.1, -0.05) is 13.8 Å². The van der Waals surface area contributed by atoms with Gasteiger partial charge in [0.25, 0.3) is 0 Å². The second-order valence-electron chi connectivity index (χ2n) is 5.57. The van der Waals surface area contributed by atoms with Crippen molar-refractivity contribution in [2.24, 2.45) is 11.7 Å². The minimum Gasteiger partial charge on any atom is -0.482 e. The minimum absolute atomic E-state index is 0.152. The lowest BCUT2D eigenvalue weighted by Crippen LogP contribution is -2.36. The molecule has 1 amide bonds. The van der Waals surface area contributed by atoms with Crippen LogP contribution in [0.5, 0.6) is 5.75 Å². The summed E-state index contributed by atoms with van der Waals surface area (Å²) in [5.41, 5.74) is 7.36. The Morgan fingerprint density at radius 2 is 2.00 bits per heavy atom. The summed E-state index contributed by atoms with van der Waals surface area (Å²) in [6.07, 6.45) is 0.630. The van der Waals surface area contributed by atoms with Crippen LogP contribution >= 0.6 is 0 Å². The number of aryl methyl sites for hydroxylation is 1. The van der Waals surface area contributed by atoms with Gasteiger partial charge >= 0.3 is 5.97 Å². The zero-order chi connectivity index (χ0) is 16.7. The van der Waals surface area contributed by atoms with E-state index >= 15 is 0 Å². The third-order valence-electron chi connectivity index (χ3n) is 3.10. The Morgan fingerprint density at radius 1 is 1.32 bits per heavy atom. The van der Waals surface area contributed by atoms with Crippen LogP contribution in [0.25, 0.3) is 0 Å². The predicted molar refractivity (Wildman–Crippen MR) is 84.8 cm³/mol. The van der Waals surface area contributed by atoms with Gasteiger partial charge in [0.15, 0.2) is 6.61 Å². The van der Waals surface area contributed by atoms with Crippen molar-refractivity contribution in [3.05, 3.63) is 23.8 Å². The quantitative estimate of drug-likeness (QED) is 0.750. The molecule has 0 saturated carbocycles. The van der Waals surface area contributed by atoms with E-state index in [0.29, 0.717) is 23.8 Å². The van der Waals surface area contributed by atoms with Crippen molar-refractivity contribution >= 4 is 17.6 Å². The number of amides is 1. The average molecular weight is 308 g/mol. The Morgan fingerprint density at radius 3 is 2.55 bits per heavy atom. The van der Waals surface area contributed by atoms with E-state index in [4.69, 9.17) is 10.5 Å². The fourth-order valence-corrected chi connectivity index (χ4v) is 1.91. The summed E-state index contributed by atoms with van der Waals surface area (Å²) >= 11 is 0. The highest BCUT2D eigenvalue weighted by Gasteiger charge is 2.16. The fourth-order valence-electron chi connectivity index (χ4n) is 1.91. The van der Waals surface area contributed by atoms with E-state index in [0.717, 1.165) is 5.56 Å². The number of esters is 1. The minimum atomic E-state index is -0.533. The summed E-state index contributed by atoms with van der Waals surface area (Å²) in [6.45, 7) is 5.73. The molecule has 1 aromatic carbocycles. The van der Waals surface area contributed by atoms with Crippen LogP contribution in [-0.2, 0) is 14.3 Å². The van der Waals surface area contributed by atoms with Crippen LogP contribution in [0.2, 0.25) is 0 Å². The number of carbonyl (C=O) groups is 2. The molecule has 122 valence electrons. The molecule has 0 aliphatic carbocycles. The molecule has 6 nitrogen and oxygen atoms in total. The number of nitrogens with two attached hydrogens (primary N) is 1. The Balaban J connectivity index is 2.65. The second-order valence-corrected chi connectivity index (χ2v) is 5.57. The molecule has 0 bridgehead atoms. The van der Waals surface area contributed by atoms with Gasteiger partial charge in [0.1, 0.15) is 5.75 Å². The van der Waals surface area contributed by atoms with Gasteiger partial charge in [-0.25, -0.2) is 4.79 Å². The third-order valence-corrected chi connectivity index (χ3v) is 3.10. The van der Waals surface area contributed by atoms with Crippen molar-refractivity contribution in [1.29, 1.82) is 0 Å². The lowest BCUT2D eigenvalue weighted by molar-refractivity contribution is -0.142. The topological polar surface area (TPSA) is 90.6 Å². The number of rotatable bonds is 7. The van der Waals surface area contributed by atoms with E-state index in [1.165, 1.54) is 7.11 Å². The Bertz CT molecular complexity index is 529. The van der Waals surface area contributed by atoms with E-state index in [1.807, 2.05) is 20.8 Å². The first-order valence-corrected chi connectivity index (χ1v) is 7.20. The van der Waals surface area contributed by atoms with Gasteiger partial charge in [-0.05, 0) is 43.0 Å². The van der Waals surface area contributed by atoms with Crippen molar-refractivity contribution in [3.63, 3.8) is 0 Å². The highest BCUT2D eigenvalue weighted by atomic mass is 16.6. The monoisotopic (exact) mass is 308 g/mol. The summed E-state index contributed by atoms with van der Waals surface area (Å²) in [7, 11) is 1.30. The zero-order valence-corrected chi connectivity index (χ0v) is 13.5. The van der Waals surface area contributed by atoms with Crippen molar-refractivity contribution in [3.8, 4) is 5.75 Å². The SMILES string of the molecule is COC(=O)COc1ccc(NC(=O)[C@@H](N)CC(C)C)c(C)c1. The summed E-state index contributed by atoms with van der Waals surface area (Å²) in [6, 6.07) is 4.61. The summed E-state index contributed by atoms with van der Waals surface area (Å²) in [4.78, 5) is 23.0. The highest BCUT2D eigenvalue weighted by Crippen LogP contribution is 2.21. The molecule has 0 fully saturated rings. The molecule has 0 aromatic heterocycles. The predicted octanol–water partition coefficient (Wildman–Crippen LogP) is 1.86. The molecule has 0 unspecified atom stereocenters. The first kappa shape index (κ1) is 18.0. The number of hydrogen-bond acceptors (Lipinski definition) is 5. The first-order chi connectivity index (χ1) is 10.3. The molecule has 1 aromatic rings. The largest absolute Gasteiger partial charge is 0.482 e. The maximum atomic E-state index is 12.0. The number of methoxy groups -OCH3 is 1. The van der Waals surface area contributed by atoms with Crippen LogP contribution in [0.1, 0.15) is 25.8 Å². The number of nitrogens with one attached hydrogen (secondary N) is 1. The Kier molecular flexibility index (Phi) is 6.85. The van der Waals surface area contributed by atoms with Crippen LogP contribution in [0, 0.1) is 12.8 Å². The zero-order valence-electron chi connectivity index (χ0n) is 13.5. The van der Waals surface area contributed by atoms with Gasteiger partial charge in [-0.2, -0.15) is 0 Å². The number of anilines is 1. The van der Waals surface area contributed by atoms with Crippen LogP contribution in [0.4, 0.5) is 5.69 Å². The molecule has 1 rings (SSSR count). The van der Waals surface area contributed by atoms with Gasteiger partial charge in [0.2, 0.25) is 5.91 Å². The van der Waals surface area contributed by atoms with Crippen molar-refractivity contribution < 1.29 is 19.1 Å². The second kappa shape index (κ2) is 8.38. The molecular formula is C16H24N2O4. The maximum Gasteiger partial charge on any atom is 0.343 e. The summed E-state index contributed by atoms with van der Waals surface area (Å²) < 4.78 is 9.79. The van der Waals surface area contributed by atoms with E-state index in [9.17, 15) is 9.59 Å². The molecule has 6 heteroatoms. The standard InChI is InChI=1S/C16H24N2O4/c1-10(2)7-13(17)16(20)18-14-6-5-12(8-11(14)3)22-9-15(19)21-4/h5-6,8,10,13H,7,9,17H2,1-4H3,(H,18,20)/t13-/m0/s1. The molecule has 0 aliphatic heterocycles. The normalized spacial score (nSPS) is 11.9. The number of benzene rings is 1. The number of carbonyl (C=O) groups excluding carboxylic acids is 2. The van der Waals surface area contributed by atoms with E-state index in [-0.39, 0.29) is 12.5 Å². The smallest absolute Gasteiger partial charge is 0.343 e. The Labute approximate surface area is 131 Å². The first-order valence-electron chi connectivity index (χ1n) is 7.20. The highest BCUT2D eigenvalue weighted by molar-refractivity contribution is 5.95. The van der Waals surface area contributed by atoms with Crippen molar-refractivity contribution in [1.82, 2.24) is 0 Å². The molecule has 0 aliphatic rings. The van der Waals surface area contributed by atoms with Gasteiger partial charge in [-0.15, -0.1) is 0 Å². The van der Waals surface area contributed by atoms with E-state index < -0.39 is 12.0 Å². The van der Waals surface area contributed by atoms with Gasteiger partial charge < -0.3 is 20.5 Å². The molecule has 0 spiro atoms. The lowest BCUT2D eigenvalue weighted by Gasteiger charge is -2.16. The van der Waals surface area contributed by atoms with Gasteiger partial charge in [0.05, 0.1) is 13.2 Å². The maximum absolute atomic E-state index is 12.0. The molecular weight excluding hydrogens is 284 g/mol. The molecule has 0 radical (unpaired) electrons. The molecule has 0 saturated heterocycles. The van der Waals surface area contributed by atoms with E-state index in [2.05, 4.69) is 10.1 Å². The molecule has 0 heterocycles. The Hall–Kier alpha value is -2.08. The van der Waals surface area contributed by atoms with E-state index in [1.54, 1.807) is 18.2 Å². The molecule has 1 atom stereocenters. The van der Waals surface area contributed by atoms with Crippen LogP contribution < -0.4 is 15.8 Å². The van der Waals surface area contributed by atoms with Gasteiger partial charge in [-0.3, -0.25) is 4.79 Å². The van der Waals surface area contributed by atoms with Gasteiger partial charge in [0, 0.05) is 5.69 Å².